The minimum absolute atomic E-state index is 0.0594. The number of aryl methyl sites for hydroxylation is 1. The molecule has 0 atom stereocenters. The summed E-state index contributed by atoms with van der Waals surface area (Å²) in [6.07, 6.45) is 7.34. The lowest BCUT2D eigenvalue weighted by Crippen LogP contribution is -2.48. The molecule has 0 amide bonds. The number of pyridine rings is 1. The first-order valence-electron chi connectivity index (χ1n) is 8.35. The second-order valence-electron chi connectivity index (χ2n) is 6.57. The van der Waals surface area contributed by atoms with Gasteiger partial charge in [0.1, 0.15) is 0 Å². The van der Waals surface area contributed by atoms with Gasteiger partial charge in [-0.3, -0.25) is 14.7 Å². The number of hydrogen-bond donors (Lipinski definition) is 0. The minimum atomic E-state index is -0.0594. The monoisotopic (exact) mass is 336 g/mol. The zero-order valence-corrected chi connectivity index (χ0v) is 14.1. The molecule has 0 aromatic carbocycles. The molecule has 4 rings (SSSR count). The fourth-order valence-electron chi connectivity index (χ4n) is 3.19. The van der Waals surface area contributed by atoms with E-state index in [1.807, 2.05) is 36.3 Å². The predicted octanol–water partition coefficient (Wildman–Crippen LogP) is 1.17. The fraction of sp³-hybridized carbons (Fsp3) is 0.333. The zero-order chi connectivity index (χ0) is 17.2. The Morgan fingerprint density at radius 3 is 2.84 bits per heavy atom. The van der Waals surface area contributed by atoms with Crippen LogP contribution in [0.3, 0.4) is 0 Å². The molecule has 1 aliphatic rings. The van der Waals surface area contributed by atoms with Gasteiger partial charge >= 0.3 is 0 Å². The number of nitrogens with zero attached hydrogens (tertiary/aromatic N) is 6. The maximum Gasteiger partial charge on any atom is 0.266 e. The lowest BCUT2D eigenvalue weighted by atomic mass is 10.00. The van der Waals surface area contributed by atoms with Crippen LogP contribution in [0.15, 0.2) is 54.0 Å². The predicted molar refractivity (Wildman–Crippen MR) is 93.7 cm³/mol. The Labute approximate surface area is 145 Å². The Morgan fingerprint density at radius 1 is 1.24 bits per heavy atom. The van der Waals surface area contributed by atoms with Crippen LogP contribution in [0.25, 0.3) is 11.3 Å². The SMILES string of the molecule is Cn1cnc(CN2CC(Cn3nc(-c4cccnc4)ccc3=O)C2)c1. The lowest BCUT2D eigenvalue weighted by molar-refractivity contribution is 0.0756. The molecule has 0 unspecified atom stereocenters. The van der Waals surface area contributed by atoms with Crippen LogP contribution in [0, 0.1) is 5.92 Å². The van der Waals surface area contributed by atoms with Gasteiger partial charge in [0.25, 0.3) is 5.56 Å². The first-order chi connectivity index (χ1) is 12.2. The van der Waals surface area contributed by atoms with Gasteiger partial charge in [-0.1, -0.05) is 0 Å². The smallest absolute Gasteiger partial charge is 0.266 e. The fourth-order valence-corrected chi connectivity index (χ4v) is 3.19. The van der Waals surface area contributed by atoms with E-state index < -0.39 is 0 Å². The van der Waals surface area contributed by atoms with Crippen LogP contribution in [-0.2, 0) is 20.1 Å². The van der Waals surface area contributed by atoms with Gasteiger partial charge < -0.3 is 4.57 Å². The second kappa shape index (κ2) is 6.60. The molecule has 7 nitrogen and oxygen atoms in total. The summed E-state index contributed by atoms with van der Waals surface area (Å²) in [6, 6.07) is 7.15. The van der Waals surface area contributed by atoms with E-state index in [4.69, 9.17) is 0 Å². The van der Waals surface area contributed by atoms with Crippen LogP contribution in [0.2, 0.25) is 0 Å². The number of aromatic nitrogens is 5. The third kappa shape index (κ3) is 3.51. The van der Waals surface area contributed by atoms with Crippen LogP contribution in [-0.4, -0.2) is 42.3 Å². The van der Waals surface area contributed by atoms with Crippen molar-refractivity contribution in [2.45, 2.75) is 13.1 Å². The largest absolute Gasteiger partial charge is 0.340 e. The molecule has 0 spiro atoms. The number of rotatable bonds is 5. The zero-order valence-electron chi connectivity index (χ0n) is 14.1. The number of hydrogen-bond acceptors (Lipinski definition) is 5. The van der Waals surface area contributed by atoms with Crippen molar-refractivity contribution in [1.29, 1.82) is 0 Å². The van der Waals surface area contributed by atoms with Crippen molar-refractivity contribution in [2.75, 3.05) is 13.1 Å². The molecule has 3 aromatic rings. The van der Waals surface area contributed by atoms with Gasteiger partial charge in [-0.2, -0.15) is 5.10 Å². The van der Waals surface area contributed by atoms with Crippen molar-refractivity contribution in [3.05, 3.63) is 65.2 Å². The highest BCUT2D eigenvalue weighted by atomic mass is 16.1. The van der Waals surface area contributed by atoms with Gasteiger partial charge in [-0.15, -0.1) is 0 Å². The van der Waals surface area contributed by atoms with Gasteiger partial charge in [0.15, 0.2) is 0 Å². The van der Waals surface area contributed by atoms with Crippen LogP contribution in [0.1, 0.15) is 5.69 Å². The molecular formula is C18H20N6O. The third-order valence-corrected chi connectivity index (χ3v) is 4.43. The average Bonchev–Trinajstić information content (AvgIpc) is 3.00. The molecule has 0 bridgehead atoms. The van der Waals surface area contributed by atoms with Crippen LogP contribution < -0.4 is 5.56 Å². The number of imidazole rings is 1. The maximum absolute atomic E-state index is 12.1. The molecule has 0 N–H and O–H groups in total. The van der Waals surface area contributed by atoms with Crippen LogP contribution in [0.4, 0.5) is 0 Å². The summed E-state index contributed by atoms with van der Waals surface area (Å²) < 4.78 is 3.53. The summed E-state index contributed by atoms with van der Waals surface area (Å²) in [5.74, 6) is 0.443. The lowest BCUT2D eigenvalue weighted by Gasteiger charge is -2.38. The highest BCUT2D eigenvalue weighted by Gasteiger charge is 2.28. The summed E-state index contributed by atoms with van der Waals surface area (Å²) >= 11 is 0. The maximum atomic E-state index is 12.1. The summed E-state index contributed by atoms with van der Waals surface area (Å²) in [6.45, 7) is 3.42. The van der Waals surface area contributed by atoms with Crippen molar-refractivity contribution in [3.63, 3.8) is 0 Å². The second-order valence-corrected chi connectivity index (χ2v) is 6.57. The van der Waals surface area contributed by atoms with Crippen LogP contribution >= 0.6 is 0 Å². The van der Waals surface area contributed by atoms with Crippen molar-refractivity contribution >= 4 is 0 Å². The van der Waals surface area contributed by atoms with E-state index in [0.29, 0.717) is 12.5 Å². The highest BCUT2D eigenvalue weighted by Crippen LogP contribution is 2.19. The Morgan fingerprint density at radius 2 is 2.12 bits per heavy atom. The molecule has 0 aliphatic carbocycles. The molecule has 3 aromatic heterocycles. The van der Waals surface area contributed by atoms with E-state index >= 15 is 0 Å². The first kappa shape index (κ1) is 15.7. The van der Waals surface area contributed by atoms with Crippen molar-refractivity contribution in [1.82, 2.24) is 29.2 Å². The van der Waals surface area contributed by atoms with E-state index in [1.165, 1.54) is 0 Å². The van der Waals surface area contributed by atoms with Gasteiger partial charge in [0.05, 0.1) is 24.3 Å². The molecule has 1 aliphatic heterocycles. The van der Waals surface area contributed by atoms with E-state index in [9.17, 15) is 4.79 Å². The molecular weight excluding hydrogens is 316 g/mol. The van der Waals surface area contributed by atoms with Gasteiger partial charge in [0, 0.05) is 62.8 Å². The van der Waals surface area contributed by atoms with Crippen molar-refractivity contribution in [2.24, 2.45) is 13.0 Å². The molecule has 7 heteroatoms. The van der Waals surface area contributed by atoms with Gasteiger partial charge in [-0.25, -0.2) is 9.67 Å². The van der Waals surface area contributed by atoms with E-state index in [0.717, 1.165) is 36.6 Å². The van der Waals surface area contributed by atoms with Crippen molar-refractivity contribution in [3.8, 4) is 11.3 Å². The molecule has 1 fully saturated rings. The Balaban J connectivity index is 1.39. The molecule has 1 saturated heterocycles. The minimum Gasteiger partial charge on any atom is -0.340 e. The summed E-state index contributed by atoms with van der Waals surface area (Å²) in [4.78, 5) is 22.9. The summed E-state index contributed by atoms with van der Waals surface area (Å²) in [5, 5.41) is 4.51. The van der Waals surface area contributed by atoms with Crippen LogP contribution in [0.5, 0.6) is 0 Å². The quantitative estimate of drug-likeness (QED) is 0.700. The van der Waals surface area contributed by atoms with E-state index in [-0.39, 0.29) is 5.56 Å². The molecule has 25 heavy (non-hydrogen) atoms. The average molecular weight is 336 g/mol. The summed E-state index contributed by atoms with van der Waals surface area (Å²) in [5.41, 5.74) is 2.71. The topological polar surface area (TPSA) is 68.8 Å². The summed E-state index contributed by atoms with van der Waals surface area (Å²) in [7, 11) is 1.97. The van der Waals surface area contributed by atoms with Crippen molar-refractivity contribution < 1.29 is 0 Å². The third-order valence-electron chi connectivity index (χ3n) is 4.43. The first-order valence-corrected chi connectivity index (χ1v) is 8.35. The molecule has 128 valence electrons. The van der Waals surface area contributed by atoms with E-state index in [1.54, 1.807) is 29.2 Å². The number of likely N-dealkylation sites (tertiary alicyclic amines) is 1. The Bertz CT molecular complexity index is 911. The highest BCUT2D eigenvalue weighted by molar-refractivity contribution is 5.56. The Kier molecular flexibility index (Phi) is 4.15. The molecule has 4 heterocycles. The molecule has 0 saturated carbocycles. The van der Waals surface area contributed by atoms with Gasteiger partial charge in [0.2, 0.25) is 0 Å². The molecule has 0 radical (unpaired) electrons. The normalized spacial score (nSPS) is 15.2. The Hall–Kier alpha value is -2.80. The van der Waals surface area contributed by atoms with E-state index in [2.05, 4.69) is 20.0 Å². The van der Waals surface area contributed by atoms with Gasteiger partial charge in [-0.05, 0) is 18.2 Å². The standard InChI is InChI=1S/C18H20N6O/c1-22-11-16(20-13-22)12-23-8-14(9-23)10-24-18(25)5-4-17(21-24)15-3-2-6-19-7-15/h2-7,11,13-14H,8-10,12H2,1H3.